The fourth-order valence-corrected chi connectivity index (χ4v) is 2.52. The molecule has 0 unspecified atom stereocenters. The number of aryl methyl sites for hydroxylation is 1. The number of pyridine rings is 1. The Morgan fingerprint density at radius 3 is 2.83 bits per heavy atom. The highest BCUT2D eigenvalue weighted by Gasteiger charge is 2.37. The van der Waals surface area contributed by atoms with Crippen molar-refractivity contribution in [3.05, 3.63) is 22.4 Å². The lowest BCUT2D eigenvalue weighted by Crippen LogP contribution is -2.40. The van der Waals surface area contributed by atoms with Crippen LogP contribution in [0.2, 0.25) is 0 Å². The summed E-state index contributed by atoms with van der Waals surface area (Å²) in [6.07, 6.45) is 5.48. The maximum Gasteiger partial charge on any atom is 0.225 e. The van der Waals surface area contributed by atoms with Crippen LogP contribution < -0.4 is 11.1 Å². The normalized spacial score (nSPS) is 17.1. The van der Waals surface area contributed by atoms with Crippen LogP contribution in [0.15, 0.2) is 16.9 Å². The first kappa shape index (κ1) is 13.5. The second kappa shape index (κ2) is 5.36. The Balaban J connectivity index is 1.96. The molecular weight excluding hydrogens is 294 g/mol. The van der Waals surface area contributed by atoms with Gasteiger partial charge in [-0.15, -0.1) is 0 Å². The predicted octanol–water partition coefficient (Wildman–Crippen LogP) is 2.61. The van der Waals surface area contributed by atoms with Gasteiger partial charge in [-0.3, -0.25) is 4.79 Å². The van der Waals surface area contributed by atoms with E-state index < -0.39 is 0 Å². The van der Waals surface area contributed by atoms with Crippen LogP contribution in [0, 0.1) is 12.3 Å². The van der Waals surface area contributed by atoms with Gasteiger partial charge in [-0.25, -0.2) is 4.98 Å². The zero-order valence-corrected chi connectivity index (χ0v) is 12.1. The standard InChI is InChI=1S/C13H18BrN3O/c1-9-5-10(7-16-12(9)14)17-11(18)6-13(8-15)3-2-4-13/h5,7H,2-4,6,8,15H2,1H3,(H,17,18). The fraction of sp³-hybridized carbons (Fsp3) is 0.538. The lowest BCUT2D eigenvalue weighted by molar-refractivity contribution is -0.119. The molecule has 0 aromatic carbocycles. The molecule has 0 saturated heterocycles. The molecule has 1 aliphatic carbocycles. The summed E-state index contributed by atoms with van der Waals surface area (Å²) in [5, 5.41) is 2.89. The molecule has 0 bridgehead atoms. The van der Waals surface area contributed by atoms with E-state index >= 15 is 0 Å². The number of rotatable bonds is 4. The quantitative estimate of drug-likeness (QED) is 0.840. The van der Waals surface area contributed by atoms with E-state index in [1.54, 1.807) is 6.20 Å². The predicted molar refractivity (Wildman–Crippen MR) is 75.3 cm³/mol. The van der Waals surface area contributed by atoms with Gasteiger partial charge >= 0.3 is 0 Å². The first-order valence-corrected chi connectivity index (χ1v) is 6.96. The molecule has 4 nitrogen and oxygen atoms in total. The summed E-state index contributed by atoms with van der Waals surface area (Å²) in [4.78, 5) is 16.1. The van der Waals surface area contributed by atoms with E-state index in [9.17, 15) is 4.79 Å². The molecule has 1 heterocycles. The van der Waals surface area contributed by atoms with Gasteiger partial charge in [-0.05, 0) is 59.3 Å². The summed E-state index contributed by atoms with van der Waals surface area (Å²) in [7, 11) is 0. The van der Waals surface area contributed by atoms with Crippen molar-refractivity contribution in [3.8, 4) is 0 Å². The molecule has 98 valence electrons. The van der Waals surface area contributed by atoms with E-state index in [0.29, 0.717) is 13.0 Å². The first-order chi connectivity index (χ1) is 8.54. The SMILES string of the molecule is Cc1cc(NC(=O)CC2(CN)CCC2)cnc1Br. The molecule has 1 aromatic heterocycles. The fourth-order valence-electron chi connectivity index (χ4n) is 2.30. The Bertz CT molecular complexity index is 452. The second-order valence-electron chi connectivity index (χ2n) is 5.11. The number of aromatic nitrogens is 1. The van der Waals surface area contributed by atoms with Crippen molar-refractivity contribution in [2.75, 3.05) is 11.9 Å². The van der Waals surface area contributed by atoms with Crippen LogP contribution in [0.25, 0.3) is 0 Å². The Labute approximate surface area is 115 Å². The summed E-state index contributed by atoms with van der Waals surface area (Å²) in [6.45, 7) is 2.54. The van der Waals surface area contributed by atoms with Crippen LogP contribution in [0.3, 0.4) is 0 Å². The lowest BCUT2D eigenvalue weighted by atomic mass is 9.66. The minimum atomic E-state index is 0.0312. The second-order valence-corrected chi connectivity index (χ2v) is 5.87. The molecule has 0 aliphatic heterocycles. The van der Waals surface area contributed by atoms with Gasteiger partial charge in [0.05, 0.1) is 11.9 Å². The Kier molecular flexibility index (Phi) is 4.02. The van der Waals surface area contributed by atoms with E-state index in [4.69, 9.17) is 5.73 Å². The van der Waals surface area contributed by atoms with E-state index in [0.717, 1.165) is 28.7 Å². The van der Waals surface area contributed by atoms with Gasteiger partial charge in [0.25, 0.3) is 0 Å². The summed E-state index contributed by atoms with van der Waals surface area (Å²) in [6, 6.07) is 1.91. The monoisotopic (exact) mass is 311 g/mol. The van der Waals surface area contributed by atoms with Crippen molar-refractivity contribution in [2.24, 2.45) is 11.1 Å². The molecule has 1 aliphatic rings. The maximum atomic E-state index is 12.0. The highest BCUT2D eigenvalue weighted by atomic mass is 79.9. The summed E-state index contributed by atoms with van der Waals surface area (Å²) < 4.78 is 0.804. The van der Waals surface area contributed by atoms with Crippen molar-refractivity contribution >= 4 is 27.5 Å². The molecule has 0 spiro atoms. The molecule has 3 N–H and O–H groups in total. The Hall–Kier alpha value is -0.940. The highest BCUT2D eigenvalue weighted by Crippen LogP contribution is 2.43. The van der Waals surface area contributed by atoms with Crippen LogP contribution in [0.5, 0.6) is 0 Å². The number of nitrogens with two attached hydrogens (primary N) is 1. The van der Waals surface area contributed by atoms with Crippen molar-refractivity contribution in [3.63, 3.8) is 0 Å². The smallest absolute Gasteiger partial charge is 0.225 e. The van der Waals surface area contributed by atoms with Crippen LogP contribution in [-0.4, -0.2) is 17.4 Å². The molecule has 5 heteroatoms. The number of carbonyl (C=O) groups excluding carboxylic acids is 1. The molecular formula is C13H18BrN3O. The zero-order chi connectivity index (χ0) is 13.2. The lowest BCUT2D eigenvalue weighted by Gasteiger charge is -2.40. The molecule has 1 aromatic rings. The zero-order valence-electron chi connectivity index (χ0n) is 10.5. The Morgan fingerprint density at radius 2 is 2.33 bits per heavy atom. The van der Waals surface area contributed by atoms with Crippen LogP contribution >= 0.6 is 15.9 Å². The van der Waals surface area contributed by atoms with Gasteiger partial charge in [-0.1, -0.05) is 6.42 Å². The van der Waals surface area contributed by atoms with E-state index in [1.165, 1.54) is 6.42 Å². The summed E-state index contributed by atoms with van der Waals surface area (Å²) >= 11 is 3.34. The topological polar surface area (TPSA) is 68.0 Å². The molecule has 1 saturated carbocycles. The number of amides is 1. The third kappa shape index (κ3) is 2.90. The van der Waals surface area contributed by atoms with Crippen molar-refractivity contribution in [1.29, 1.82) is 0 Å². The molecule has 0 radical (unpaired) electrons. The van der Waals surface area contributed by atoms with Gasteiger partial charge in [0.15, 0.2) is 0 Å². The van der Waals surface area contributed by atoms with Gasteiger partial charge in [0.2, 0.25) is 5.91 Å². The minimum absolute atomic E-state index is 0.0312. The van der Waals surface area contributed by atoms with Crippen molar-refractivity contribution in [1.82, 2.24) is 4.98 Å². The average molecular weight is 312 g/mol. The number of hydrogen-bond acceptors (Lipinski definition) is 3. The molecule has 18 heavy (non-hydrogen) atoms. The molecule has 0 atom stereocenters. The van der Waals surface area contributed by atoms with Gasteiger partial charge in [0, 0.05) is 6.42 Å². The summed E-state index contributed by atoms with van der Waals surface area (Å²) in [5.41, 5.74) is 7.55. The third-order valence-corrected chi connectivity index (χ3v) is 4.51. The number of hydrogen-bond donors (Lipinski definition) is 2. The van der Waals surface area contributed by atoms with E-state index in [1.807, 2.05) is 13.0 Å². The number of carbonyl (C=O) groups is 1. The van der Waals surface area contributed by atoms with Gasteiger partial charge in [-0.2, -0.15) is 0 Å². The third-order valence-electron chi connectivity index (χ3n) is 3.68. The largest absolute Gasteiger partial charge is 0.330 e. The molecule has 1 fully saturated rings. The van der Waals surface area contributed by atoms with E-state index in [2.05, 4.69) is 26.2 Å². The Morgan fingerprint density at radius 1 is 1.61 bits per heavy atom. The number of halogens is 1. The maximum absolute atomic E-state index is 12.0. The first-order valence-electron chi connectivity index (χ1n) is 6.17. The number of nitrogens with zero attached hydrogens (tertiary/aromatic N) is 1. The van der Waals surface area contributed by atoms with Gasteiger partial charge in [0.1, 0.15) is 4.60 Å². The highest BCUT2D eigenvalue weighted by molar-refractivity contribution is 9.10. The summed E-state index contributed by atoms with van der Waals surface area (Å²) in [5.74, 6) is 0.0312. The van der Waals surface area contributed by atoms with Crippen LogP contribution in [0.1, 0.15) is 31.2 Å². The molecule has 2 rings (SSSR count). The van der Waals surface area contributed by atoms with Crippen molar-refractivity contribution < 1.29 is 4.79 Å². The number of nitrogens with one attached hydrogen (secondary N) is 1. The van der Waals surface area contributed by atoms with Crippen LogP contribution in [0.4, 0.5) is 5.69 Å². The number of anilines is 1. The minimum Gasteiger partial charge on any atom is -0.330 e. The molecule has 1 amide bonds. The van der Waals surface area contributed by atoms with Crippen molar-refractivity contribution in [2.45, 2.75) is 32.6 Å². The van der Waals surface area contributed by atoms with E-state index in [-0.39, 0.29) is 11.3 Å². The average Bonchev–Trinajstić information content (AvgIpc) is 2.29. The van der Waals surface area contributed by atoms with Gasteiger partial charge < -0.3 is 11.1 Å². The van der Waals surface area contributed by atoms with Crippen LogP contribution in [-0.2, 0) is 4.79 Å².